The summed E-state index contributed by atoms with van der Waals surface area (Å²) in [5, 5.41) is 3.32. The fourth-order valence-electron chi connectivity index (χ4n) is 2.80. The highest BCUT2D eigenvalue weighted by atomic mass is 16.1. The van der Waals surface area contributed by atoms with Gasteiger partial charge in [-0.1, -0.05) is 24.3 Å². The smallest absolute Gasteiger partial charge is 0.167 e. The van der Waals surface area contributed by atoms with Gasteiger partial charge < -0.3 is 5.32 Å². The number of fused-ring (bicyclic) bond motifs is 1. The Morgan fingerprint density at radius 2 is 2.12 bits per heavy atom. The van der Waals surface area contributed by atoms with Gasteiger partial charge >= 0.3 is 0 Å². The predicted molar refractivity (Wildman–Crippen MR) is 69.2 cm³/mol. The van der Waals surface area contributed by atoms with E-state index in [0.29, 0.717) is 5.78 Å². The van der Waals surface area contributed by atoms with Crippen LogP contribution < -0.4 is 5.32 Å². The van der Waals surface area contributed by atoms with E-state index in [0.717, 1.165) is 30.6 Å². The average Bonchev–Trinajstić information content (AvgIpc) is 2.83. The van der Waals surface area contributed by atoms with Gasteiger partial charge in [0.15, 0.2) is 5.78 Å². The van der Waals surface area contributed by atoms with Crippen LogP contribution in [0.1, 0.15) is 37.2 Å². The zero-order chi connectivity index (χ0) is 11.7. The van der Waals surface area contributed by atoms with Crippen molar-refractivity contribution in [3.05, 3.63) is 41.5 Å². The number of hydrogen-bond donors (Lipinski definition) is 1. The summed E-state index contributed by atoms with van der Waals surface area (Å²) < 4.78 is 0. The van der Waals surface area contributed by atoms with E-state index < -0.39 is 0 Å². The molecular formula is C15H17NO. The van der Waals surface area contributed by atoms with Crippen LogP contribution in [-0.4, -0.2) is 12.3 Å². The number of carbonyl (C=O) groups excluding carboxylic acids is 1. The topological polar surface area (TPSA) is 29.1 Å². The van der Waals surface area contributed by atoms with Crippen molar-refractivity contribution in [1.82, 2.24) is 0 Å². The summed E-state index contributed by atoms with van der Waals surface area (Å²) in [6, 6.07) is 8.15. The summed E-state index contributed by atoms with van der Waals surface area (Å²) in [6.45, 7) is 0.759. The predicted octanol–water partition coefficient (Wildman–Crippen LogP) is 3.27. The Balaban J connectivity index is 1.87. The Labute approximate surface area is 102 Å². The SMILES string of the molecule is O=C(C1=CCCCC1)C1CNc2ccccc21. The van der Waals surface area contributed by atoms with Crippen LogP contribution in [-0.2, 0) is 4.79 Å². The molecule has 1 aliphatic heterocycles. The fraction of sp³-hybridized carbons (Fsp3) is 0.400. The van der Waals surface area contributed by atoms with E-state index in [1.807, 2.05) is 12.1 Å². The summed E-state index contributed by atoms with van der Waals surface area (Å²) >= 11 is 0. The Morgan fingerprint density at radius 3 is 2.94 bits per heavy atom. The van der Waals surface area contributed by atoms with Crippen molar-refractivity contribution in [3.63, 3.8) is 0 Å². The Kier molecular flexibility index (Phi) is 2.71. The van der Waals surface area contributed by atoms with E-state index >= 15 is 0 Å². The first kappa shape index (κ1) is 10.6. The fourth-order valence-corrected chi connectivity index (χ4v) is 2.80. The first-order valence-corrected chi connectivity index (χ1v) is 6.42. The van der Waals surface area contributed by atoms with Gasteiger partial charge in [0.1, 0.15) is 0 Å². The third-order valence-electron chi connectivity index (χ3n) is 3.76. The molecule has 17 heavy (non-hydrogen) atoms. The average molecular weight is 227 g/mol. The van der Waals surface area contributed by atoms with Crippen molar-refractivity contribution in [2.45, 2.75) is 31.6 Å². The number of ketones is 1. The monoisotopic (exact) mass is 227 g/mol. The third-order valence-corrected chi connectivity index (χ3v) is 3.76. The van der Waals surface area contributed by atoms with E-state index in [2.05, 4.69) is 23.5 Å². The van der Waals surface area contributed by atoms with Crippen molar-refractivity contribution in [2.24, 2.45) is 0 Å². The number of anilines is 1. The molecule has 0 aromatic heterocycles. The summed E-state index contributed by atoms with van der Waals surface area (Å²) in [7, 11) is 0. The molecule has 1 heterocycles. The van der Waals surface area contributed by atoms with Gasteiger partial charge in [-0.25, -0.2) is 0 Å². The second-order valence-electron chi connectivity index (χ2n) is 4.86. The van der Waals surface area contributed by atoms with Crippen LogP contribution in [0.4, 0.5) is 5.69 Å². The quantitative estimate of drug-likeness (QED) is 0.840. The van der Waals surface area contributed by atoms with E-state index in [4.69, 9.17) is 0 Å². The number of allylic oxidation sites excluding steroid dienone is 2. The van der Waals surface area contributed by atoms with E-state index in [9.17, 15) is 4.79 Å². The Bertz CT molecular complexity index is 476. The Morgan fingerprint density at radius 1 is 1.24 bits per heavy atom. The molecular weight excluding hydrogens is 210 g/mol. The first-order chi connectivity index (χ1) is 8.36. The minimum absolute atomic E-state index is 0.0375. The lowest BCUT2D eigenvalue weighted by atomic mass is 9.87. The van der Waals surface area contributed by atoms with Crippen molar-refractivity contribution >= 4 is 11.5 Å². The number of hydrogen-bond acceptors (Lipinski definition) is 2. The van der Waals surface area contributed by atoms with Crippen LogP contribution in [0.2, 0.25) is 0 Å². The van der Waals surface area contributed by atoms with Crippen LogP contribution in [0, 0.1) is 0 Å². The van der Waals surface area contributed by atoms with Crippen LogP contribution >= 0.6 is 0 Å². The van der Waals surface area contributed by atoms with Crippen molar-refractivity contribution < 1.29 is 4.79 Å². The second-order valence-corrected chi connectivity index (χ2v) is 4.86. The molecule has 3 rings (SSSR count). The van der Waals surface area contributed by atoms with Gasteiger partial charge in [0.05, 0.1) is 5.92 Å². The van der Waals surface area contributed by atoms with Gasteiger partial charge in [-0.15, -0.1) is 0 Å². The molecule has 1 unspecified atom stereocenters. The zero-order valence-corrected chi connectivity index (χ0v) is 9.91. The lowest BCUT2D eigenvalue weighted by Crippen LogP contribution is -2.17. The molecule has 2 heteroatoms. The minimum atomic E-state index is 0.0375. The van der Waals surface area contributed by atoms with Gasteiger partial charge in [0.25, 0.3) is 0 Å². The van der Waals surface area contributed by atoms with Crippen LogP contribution in [0.5, 0.6) is 0 Å². The van der Waals surface area contributed by atoms with Gasteiger partial charge in [-0.05, 0) is 42.9 Å². The summed E-state index contributed by atoms with van der Waals surface area (Å²) in [6.07, 6.45) is 6.59. The largest absolute Gasteiger partial charge is 0.384 e. The molecule has 0 saturated carbocycles. The number of para-hydroxylation sites is 1. The maximum absolute atomic E-state index is 12.5. The highest BCUT2D eigenvalue weighted by molar-refractivity contribution is 6.02. The molecule has 0 bridgehead atoms. The molecule has 1 aromatic rings. The molecule has 0 saturated heterocycles. The second kappa shape index (κ2) is 4.36. The Hall–Kier alpha value is -1.57. The summed E-state index contributed by atoms with van der Waals surface area (Å²) in [5.74, 6) is 0.373. The third kappa shape index (κ3) is 1.88. The number of rotatable bonds is 2. The van der Waals surface area contributed by atoms with Crippen LogP contribution in [0.25, 0.3) is 0 Å². The van der Waals surface area contributed by atoms with Crippen molar-refractivity contribution in [1.29, 1.82) is 0 Å². The summed E-state index contributed by atoms with van der Waals surface area (Å²) in [5.41, 5.74) is 3.35. The zero-order valence-electron chi connectivity index (χ0n) is 9.91. The van der Waals surface area contributed by atoms with Gasteiger partial charge in [-0.2, -0.15) is 0 Å². The molecule has 0 radical (unpaired) electrons. The molecule has 1 atom stereocenters. The molecule has 88 valence electrons. The minimum Gasteiger partial charge on any atom is -0.384 e. The van der Waals surface area contributed by atoms with Crippen LogP contribution in [0.15, 0.2) is 35.9 Å². The van der Waals surface area contributed by atoms with Crippen LogP contribution in [0.3, 0.4) is 0 Å². The first-order valence-electron chi connectivity index (χ1n) is 6.42. The lowest BCUT2D eigenvalue weighted by Gasteiger charge is -2.15. The van der Waals surface area contributed by atoms with Gasteiger partial charge in [-0.3, -0.25) is 4.79 Å². The van der Waals surface area contributed by atoms with Gasteiger partial charge in [0, 0.05) is 12.2 Å². The number of benzene rings is 1. The normalized spacial score (nSPS) is 22.6. The molecule has 0 fully saturated rings. The van der Waals surface area contributed by atoms with E-state index in [-0.39, 0.29) is 5.92 Å². The lowest BCUT2D eigenvalue weighted by molar-refractivity contribution is -0.116. The molecule has 1 aromatic carbocycles. The van der Waals surface area contributed by atoms with Crippen molar-refractivity contribution in [3.8, 4) is 0 Å². The molecule has 2 nitrogen and oxygen atoms in total. The number of carbonyl (C=O) groups is 1. The standard InChI is InChI=1S/C15H17NO/c17-15(11-6-2-1-3-7-11)13-10-16-14-9-5-4-8-12(13)14/h4-6,8-9,13,16H,1-3,7,10H2. The maximum atomic E-state index is 12.5. The molecule has 1 N–H and O–H groups in total. The number of nitrogens with one attached hydrogen (secondary N) is 1. The maximum Gasteiger partial charge on any atom is 0.167 e. The molecule has 1 aliphatic carbocycles. The molecule has 0 spiro atoms. The number of Topliss-reactive ketones (excluding diaryl/α,β-unsaturated/α-hetero) is 1. The van der Waals surface area contributed by atoms with E-state index in [1.54, 1.807) is 0 Å². The van der Waals surface area contributed by atoms with E-state index in [1.165, 1.54) is 18.4 Å². The highest BCUT2D eigenvalue weighted by Gasteiger charge is 2.30. The van der Waals surface area contributed by atoms with Gasteiger partial charge in [0.2, 0.25) is 0 Å². The highest BCUT2D eigenvalue weighted by Crippen LogP contribution is 2.34. The molecule has 0 amide bonds. The summed E-state index contributed by atoms with van der Waals surface area (Å²) in [4.78, 5) is 12.5. The molecule has 2 aliphatic rings. The van der Waals surface area contributed by atoms with Crippen molar-refractivity contribution in [2.75, 3.05) is 11.9 Å².